The van der Waals surface area contributed by atoms with Gasteiger partial charge in [0.1, 0.15) is 0 Å². The smallest absolute Gasteiger partial charge is 0.0951 e. The number of hydrogen-bond donors (Lipinski definition) is 1. The predicted octanol–water partition coefficient (Wildman–Crippen LogP) is 3.11. The van der Waals surface area contributed by atoms with E-state index in [4.69, 9.17) is 0 Å². The zero-order valence-electron chi connectivity index (χ0n) is 11.7. The molecule has 0 spiro atoms. The molecular formula is C16H20N2O. The second-order valence-corrected chi connectivity index (χ2v) is 6.44. The number of nitrogens with zero attached hydrogens (tertiary/aromatic N) is 2. The minimum Gasteiger partial charge on any atom is -0.385 e. The lowest BCUT2D eigenvalue weighted by Crippen LogP contribution is -2.42. The summed E-state index contributed by atoms with van der Waals surface area (Å²) in [5.41, 5.74) is 1.44. The van der Waals surface area contributed by atoms with E-state index >= 15 is 0 Å². The van der Waals surface area contributed by atoms with Gasteiger partial charge >= 0.3 is 0 Å². The largest absolute Gasteiger partial charge is 0.385 e. The first-order valence-electron chi connectivity index (χ1n) is 6.71. The molecule has 0 amide bonds. The van der Waals surface area contributed by atoms with E-state index in [1.165, 1.54) is 5.56 Å². The quantitative estimate of drug-likeness (QED) is 0.851. The van der Waals surface area contributed by atoms with Gasteiger partial charge in [-0.3, -0.25) is 0 Å². The summed E-state index contributed by atoms with van der Waals surface area (Å²) in [7, 11) is 0. The van der Waals surface area contributed by atoms with Crippen molar-refractivity contribution in [1.29, 1.82) is 0 Å². The average molecular weight is 256 g/mol. The van der Waals surface area contributed by atoms with Crippen molar-refractivity contribution in [3.63, 3.8) is 0 Å². The van der Waals surface area contributed by atoms with Gasteiger partial charge in [0.2, 0.25) is 0 Å². The maximum absolute atomic E-state index is 10.8. The fourth-order valence-corrected chi connectivity index (χ4v) is 3.71. The van der Waals surface area contributed by atoms with E-state index in [9.17, 15) is 5.11 Å². The van der Waals surface area contributed by atoms with Crippen LogP contribution in [0.3, 0.4) is 0 Å². The van der Waals surface area contributed by atoms with E-state index < -0.39 is 5.60 Å². The van der Waals surface area contributed by atoms with Gasteiger partial charge < -0.3 is 9.67 Å². The number of aliphatic hydroxyl groups is 1. The van der Waals surface area contributed by atoms with Crippen LogP contribution in [0.2, 0.25) is 0 Å². The Bertz CT molecular complexity index is 585. The molecule has 0 aliphatic heterocycles. The van der Waals surface area contributed by atoms with Gasteiger partial charge in [-0.15, -0.1) is 0 Å². The van der Waals surface area contributed by atoms with Crippen LogP contribution in [0.15, 0.2) is 43.0 Å². The third-order valence-electron chi connectivity index (χ3n) is 4.20. The first kappa shape index (κ1) is 12.4. The van der Waals surface area contributed by atoms with Gasteiger partial charge in [0.25, 0.3) is 0 Å². The Hall–Kier alpha value is -1.61. The first-order chi connectivity index (χ1) is 8.92. The van der Waals surface area contributed by atoms with E-state index in [1.54, 1.807) is 0 Å². The van der Waals surface area contributed by atoms with Crippen LogP contribution in [0.4, 0.5) is 0 Å². The van der Waals surface area contributed by atoms with Gasteiger partial charge in [-0.2, -0.15) is 0 Å². The molecule has 19 heavy (non-hydrogen) atoms. The number of fused-ring (bicyclic) bond motifs is 1. The molecule has 0 bridgehead atoms. The van der Waals surface area contributed by atoms with E-state index in [1.807, 2.05) is 43.8 Å². The van der Waals surface area contributed by atoms with E-state index in [0.717, 1.165) is 12.0 Å². The molecule has 0 saturated heterocycles. The van der Waals surface area contributed by atoms with Crippen molar-refractivity contribution in [2.75, 3.05) is 0 Å². The molecule has 3 nitrogen and oxygen atoms in total. The van der Waals surface area contributed by atoms with Crippen molar-refractivity contribution in [3.8, 4) is 0 Å². The normalized spacial score (nSPS) is 28.9. The molecule has 3 heteroatoms. The summed E-state index contributed by atoms with van der Waals surface area (Å²) < 4.78 is 2.15. The molecular weight excluding hydrogens is 236 g/mol. The molecule has 1 heterocycles. The highest BCUT2D eigenvalue weighted by Crippen LogP contribution is 2.51. The summed E-state index contributed by atoms with van der Waals surface area (Å²) in [4.78, 5) is 4.17. The highest BCUT2D eigenvalue weighted by Gasteiger charge is 2.45. The van der Waals surface area contributed by atoms with Crippen LogP contribution < -0.4 is 0 Å². The van der Waals surface area contributed by atoms with Gasteiger partial charge in [0.05, 0.1) is 18.0 Å². The fraction of sp³-hybridized carbons (Fsp3) is 0.438. The Morgan fingerprint density at radius 3 is 2.68 bits per heavy atom. The van der Waals surface area contributed by atoms with Crippen molar-refractivity contribution >= 4 is 0 Å². The van der Waals surface area contributed by atoms with Crippen LogP contribution in [0, 0.1) is 5.41 Å². The SMILES string of the molecule is CC1(C)C[C@@](C)(O)c2ccccc2[C@@H]1n1ccnc1. The lowest BCUT2D eigenvalue weighted by molar-refractivity contribution is -0.0165. The Balaban J connectivity index is 2.23. The Kier molecular flexibility index (Phi) is 2.58. The molecule has 1 aromatic heterocycles. The molecule has 0 radical (unpaired) electrons. The lowest BCUT2D eigenvalue weighted by atomic mass is 9.64. The van der Waals surface area contributed by atoms with Crippen molar-refractivity contribution < 1.29 is 5.11 Å². The van der Waals surface area contributed by atoms with Gasteiger partial charge in [0.15, 0.2) is 0 Å². The van der Waals surface area contributed by atoms with E-state index in [2.05, 4.69) is 29.5 Å². The summed E-state index contributed by atoms with van der Waals surface area (Å²) in [6, 6.07) is 8.41. The zero-order valence-corrected chi connectivity index (χ0v) is 11.7. The zero-order chi connectivity index (χ0) is 13.7. The molecule has 1 aliphatic carbocycles. The van der Waals surface area contributed by atoms with Crippen LogP contribution in [-0.2, 0) is 5.60 Å². The Morgan fingerprint density at radius 2 is 2.00 bits per heavy atom. The van der Waals surface area contributed by atoms with E-state index in [-0.39, 0.29) is 11.5 Å². The standard InChI is InChI=1S/C16H20N2O/c1-15(2)10-16(3,19)13-7-5-4-6-12(13)14(15)18-9-8-17-11-18/h4-9,11,14,19H,10H2,1-3H3/t14-,16+/m0/s1. The summed E-state index contributed by atoms with van der Waals surface area (Å²) in [6.07, 6.45) is 6.41. The molecule has 1 N–H and O–H groups in total. The van der Waals surface area contributed by atoms with Crippen molar-refractivity contribution in [3.05, 3.63) is 54.1 Å². The number of imidazole rings is 1. The first-order valence-corrected chi connectivity index (χ1v) is 6.71. The second-order valence-electron chi connectivity index (χ2n) is 6.44. The molecule has 100 valence electrons. The van der Waals surface area contributed by atoms with Crippen molar-refractivity contribution in [2.45, 2.75) is 38.8 Å². The maximum Gasteiger partial charge on any atom is 0.0951 e. The molecule has 0 saturated carbocycles. The highest BCUT2D eigenvalue weighted by molar-refractivity contribution is 5.39. The molecule has 2 aromatic rings. The topological polar surface area (TPSA) is 38.0 Å². The molecule has 1 aliphatic rings. The summed E-state index contributed by atoms with van der Waals surface area (Å²) in [5.74, 6) is 0. The Labute approximate surface area is 113 Å². The summed E-state index contributed by atoms with van der Waals surface area (Å²) in [6.45, 7) is 6.34. The van der Waals surface area contributed by atoms with Crippen LogP contribution in [0.25, 0.3) is 0 Å². The van der Waals surface area contributed by atoms with Crippen molar-refractivity contribution in [2.24, 2.45) is 5.41 Å². The third-order valence-corrected chi connectivity index (χ3v) is 4.20. The second kappa shape index (κ2) is 3.94. The predicted molar refractivity (Wildman–Crippen MR) is 74.8 cm³/mol. The third kappa shape index (κ3) is 1.89. The minimum atomic E-state index is -0.767. The monoisotopic (exact) mass is 256 g/mol. The van der Waals surface area contributed by atoms with Crippen LogP contribution in [0.1, 0.15) is 44.4 Å². The number of aromatic nitrogens is 2. The number of benzene rings is 1. The highest BCUT2D eigenvalue weighted by atomic mass is 16.3. The average Bonchev–Trinajstić information content (AvgIpc) is 2.80. The van der Waals surface area contributed by atoms with Gasteiger partial charge in [-0.1, -0.05) is 38.1 Å². The maximum atomic E-state index is 10.8. The molecule has 1 aromatic carbocycles. The number of rotatable bonds is 1. The van der Waals surface area contributed by atoms with Crippen LogP contribution in [0.5, 0.6) is 0 Å². The minimum absolute atomic E-state index is 0.0292. The Morgan fingerprint density at radius 1 is 1.26 bits per heavy atom. The molecule has 2 atom stereocenters. The summed E-state index contributed by atoms with van der Waals surface area (Å²) >= 11 is 0. The van der Waals surface area contributed by atoms with Crippen molar-refractivity contribution in [1.82, 2.24) is 9.55 Å². The van der Waals surface area contributed by atoms with Gasteiger partial charge in [0, 0.05) is 12.4 Å². The van der Waals surface area contributed by atoms with Crippen LogP contribution >= 0.6 is 0 Å². The fourth-order valence-electron chi connectivity index (χ4n) is 3.71. The number of hydrogen-bond acceptors (Lipinski definition) is 2. The lowest BCUT2D eigenvalue weighted by Gasteiger charge is -2.47. The van der Waals surface area contributed by atoms with Gasteiger partial charge in [-0.25, -0.2) is 4.98 Å². The molecule has 0 fully saturated rings. The van der Waals surface area contributed by atoms with E-state index in [0.29, 0.717) is 0 Å². The molecule has 3 rings (SSSR count). The molecule has 0 unspecified atom stereocenters. The summed E-state index contributed by atoms with van der Waals surface area (Å²) in [5, 5.41) is 10.8. The van der Waals surface area contributed by atoms with Crippen LogP contribution in [-0.4, -0.2) is 14.7 Å². The van der Waals surface area contributed by atoms with Gasteiger partial charge in [-0.05, 0) is 29.9 Å².